The van der Waals surface area contributed by atoms with Gasteiger partial charge in [0.1, 0.15) is 11.4 Å². The lowest BCUT2D eigenvalue weighted by molar-refractivity contribution is -0.126. The number of carbonyl (C=O) groups excluding carboxylic acids is 1. The lowest BCUT2D eigenvalue weighted by atomic mass is 10.1. The first-order valence-electron chi connectivity index (χ1n) is 9.23. The maximum Gasteiger partial charge on any atom is 0.274 e. The van der Waals surface area contributed by atoms with Gasteiger partial charge >= 0.3 is 0 Å². The molecule has 1 amide bonds. The minimum atomic E-state index is -0.121. The van der Waals surface area contributed by atoms with Crippen molar-refractivity contribution < 1.29 is 9.90 Å². The van der Waals surface area contributed by atoms with Crippen LogP contribution in [-0.4, -0.2) is 29.0 Å². The van der Waals surface area contributed by atoms with Gasteiger partial charge in [-0.25, -0.2) is 0 Å². The Bertz CT molecular complexity index is 899. The number of rotatable bonds is 6. The van der Waals surface area contributed by atoms with Crippen LogP contribution in [0.25, 0.3) is 0 Å². The molecule has 0 saturated heterocycles. The number of allylic oxidation sites excluding steroid dienone is 1. The van der Waals surface area contributed by atoms with Crippen LogP contribution >= 0.6 is 0 Å². The maximum absolute atomic E-state index is 13.0. The first-order chi connectivity index (χ1) is 13.5. The highest BCUT2D eigenvalue weighted by Crippen LogP contribution is 2.19. The maximum atomic E-state index is 13.0. The van der Waals surface area contributed by atoms with E-state index >= 15 is 0 Å². The third-order valence-corrected chi connectivity index (χ3v) is 4.59. The molecule has 0 radical (unpaired) electrons. The normalized spacial score (nSPS) is 15.8. The van der Waals surface area contributed by atoms with E-state index in [9.17, 15) is 9.90 Å². The third kappa shape index (κ3) is 4.72. The summed E-state index contributed by atoms with van der Waals surface area (Å²) in [5.74, 6) is 0.0834. The Kier molecular flexibility index (Phi) is 6.01. The zero-order chi connectivity index (χ0) is 20.1. The summed E-state index contributed by atoms with van der Waals surface area (Å²) in [6, 6.07) is 14.9. The number of phenols is 1. The number of carbonyl (C=O) groups is 1. The van der Waals surface area contributed by atoms with Crippen molar-refractivity contribution in [2.24, 2.45) is 5.73 Å². The summed E-state index contributed by atoms with van der Waals surface area (Å²) < 4.78 is 0. The third-order valence-electron chi connectivity index (χ3n) is 4.59. The molecule has 0 aliphatic carbocycles. The Morgan fingerprint density at radius 1 is 1.11 bits per heavy atom. The second kappa shape index (κ2) is 8.63. The SMILES string of the molecule is CC1=CN(Cc2ccc(O)cc2)C(=O)/C(=C(/CN)CNc2ccc(C)cc2)N1. The number of nitrogens with two attached hydrogens (primary N) is 1. The van der Waals surface area contributed by atoms with E-state index in [2.05, 4.69) is 10.6 Å². The van der Waals surface area contributed by atoms with Crippen molar-refractivity contribution in [1.82, 2.24) is 10.2 Å². The van der Waals surface area contributed by atoms with Crippen molar-refractivity contribution in [3.8, 4) is 5.75 Å². The Morgan fingerprint density at radius 2 is 1.79 bits per heavy atom. The lowest BCUT2D eigenvalue weighted by Crippen LogP contribution is -2.39. The average Bonchev–Trinajstić information content (AvgIpc) is 2.68. The number of nitrogens with zero attached hydrogens (tertiary/aromatic N) is 1. The Labute approximate surface area is 165 Å². The molecule has 1 aliphatic rings. The standard InChI is InChI=1S/C22H26N4O2/c1-15-3-7-19(8-4-15)24-12-18(11-23)21-22(28)26(13-16(2)25-21)14-17-5-9-20(27)10-6-17/h3-10,13,24-25,27H,11-12,14,23H2,1-2H3/b21-18+. The number of aryl methyl sites for hydroxylation is 1. The van der Waals surface area contributed by atoms with Crippen LogP contribution in [0.3, 0.4) is 0 Å². The van der Waals surface area contributed by atoms with E-state index < -0.39 is 0 Å². The van der Waals surface area contributed by atoms with E-state index in [0.29, 0.717) is 18.8 Å². The predicted octanol–water partition coefficient (Wildman–Crippen LogP) is 2.82. The number of amides is 1. The Hall–Kier alpha value is -3.25. The van der Waals surface area contributed by atoms with Crippen LogP contribution in [-0.2, 0) is 11.3 Å². The fraction of sp³-hybridized carbons (Fsp3) is 0.227. The van der Waals surface area contributed by atoms with Gasteiger partial charge in [0, 0.05) is 30.7 Å². The van der Waals surface area contributed by atoms with Gasteiger partial charge in [-0.2, -0.15) is 0 Å². The molecule has 0 saturated carbocycles. The Morgan fingerprint density at radius 3 is 2.43 bits per heavy atom. The number of nitrogens with one attached hydrogen (secondary N) is 2. The zero-order valence-corrected chi connectivity index (χ0v) is 16.2. The van der Waals surface area contributed by atoms with Crippen LogP contribution in [0.15, 0.2) is 71.7 Å². The van der Waals surface area contributed by atoms with Gasteiger partial charge in [0.25, 0.3) is 5.91 Å². The topological polar surface area (TPSA) is 90.6 Å². The molecule has 0 unspecified atom stereocenters. The second-order valence-electron chi connectivity index (χ2n) is 6.94. The van der Waals surface area contributed by atoms with E-state index in [1.54, 1.807) is 35.4 Å². The molecule has 6 heteroatoms. The molecule has 3 rings (SSSR count). The highest BCUT2D eigenvalue weighted by Gasteiger charge is 2.25. The first-order valence-corrected chi connectivity index (χ1v) is 9.23. The number of benzene rings is 2. The molecule has 28 heavy (non-hydrogen) atoms. The molecule has 1 heterocycles. The highest BCUT2D eigenvalue weighted by molar-refractivity contribution is 5.96. The minimum absolute atomic E-state index is 0.121. The van der Waals surface area contributed by atoms with Gasteiger partial charge in [-0.1, -0.05) is 29.8 Å². The van der Waals surface area contributed by atoms with Crippen LogP contribution in [0.5, 0.6) is 5.75 Å². The number of anilines is 1. The number of aromatic hydroxyl groups is 1. The number of hydrogen-bond acceptors (Lipinski definition) is 5. The molecule has 0 spiro atoms. The van der Waals surface area contributed by atoms with E-state index in [1.807, 2.05) is 38.1 Å². The van der Waals surface area contributed by atoms with Gasteiger partial charge in [0.15, 0.2) is 0 Å². The number of phenolic OH excluding ortho intramolecular Hbond substituents is 1. The van der Waals surface area contributed by atoms with Gasteiger partial charge in [-0.15, -0.1) is 0 Å². The fourth-order valence-electron chi connectivity index (χ4n) is 3.02. The van der Waals surface area contributed by atoms with Crippen LogP contribution < -0.4 is 16.4 Å². The molecule has 0 atom stereocenters. The second-order valence-corrected chi connectivity index (χ2v) is 6.94. The molecule has 0 aromatic heterocycles. The average molecular weight is 378 g/mol. The molecule has 0 bridgehead atoms. The number of hydrogen-bond donors (Lipinski definition) is 4. The summed E-state index contributed by atoms with van der Waals surface area (Å²) in [5, 5.41) is 15.9. The summed E-state index contributed by atoms with van der Waals surface area (Å²) in [5.41, 5.74) is 11.3. The molecular formula is C22H26N4O2. The molecule has 0 fully saturated rings. The summed E-state index contributed by atoms with van der Waals surface area (Å²) in [4.78, 5) is 14.7. The van der Waals surface area contributed by atoms with Gasteiger partial charge in [0.2, 0.25) is 0 Å². The fourth-order valence-corrected chi connectivity index (χ4v) is 3.02. The lowest BCUT2D eigenvalue weighted by Gasteiger charge is -2.29. The van der Waals surface area contributed by atoms with Crippen LogP contribution in [0.2, 0.25) is 0 Å². The van der Waals surface area contributed by atoms with Crippen LogP contribution in [0.4, 0.5) is 5.69 Å². The van der Waals surface area contributed by atoms with Crippen molar-refractivity contribution in [3.05, 3.63) is 82.8 Å². The molecule has 2 aromatic carbocycles. The van der Waals surface area contributed by atoms with Crippen molar-refractivity contribution in [2.45, 2.75) is 20.4 Å². The summed E-state index contributed by atoms with van der Waals surface area (Å²) >= 11 is 0. The molecule has 146 valence electrons. The van der Waals surface area contributed by atoms with E-state index in [-0.39, 0.29) is 18.2 Å². The van der Waals surface area contributed by atoms with Gasteiger partial charge in [-0.3, -0.25) is 4.79 Å². The van der Waals surface area contributed by atoms with E-state index in [0.717, 1.165) is 22.5 Å². The van der Waals surface area contributed by atoms with Gasteiger partial charge in [0.05, 0.1) is 6.54 Å². The molecule has 6 nitrogen and oxygen atoms in total. The summed E-state index contributed by atoms with van der Waals surface area (Å²) in [6.07, 6.45) is 1.79. The van der Waals surface area contributed by atoms with Crippen molar-refractivity contribution in [3.63, 3.8) is 0 Å². The Balaban J connectivity index is 1.78. The summed E-state index contributed by atoms with van der Waals surface area (Å²) in [6.45, 7) is 5.13. The zero-order valence-electron chi connectivity index (χ0n) is 16.2. The molecular weight excluding hydrogens is 352 g/mol. The van der Waals surface area contributed by atoms with Crippen molar-refractivity contribution >= 4 is 11.6 Å². The van der Waals surface area contributed by atoms with Gasteiger partial charge < -0.3 is 26.4 Å². The van der Waals surface area contributed by atoms with E-state index in [4.69, 9.17) is 5.73 Å². The monoisotopic (exact) mass is 378 g/mol. The van der Waals surface area contributed by atoms with Gasteiger partial charge in [-0.05, 0) is 49.2 Å². The minimum Gasteiger partial charge on any atom is -0.508 e. The highest BCUT2D eigenvalue weighted by atomic mass is 16.3. The molecule has 5 N–H and O–H groups in total. The van der Waals surface area contributed by atoms with E-state index in [1.165, 1.54) is 5.56 Å². The largest absolute Gasteiger partial charge is 0.508 e. The molecule has 1 aliphatic heterocycles. The first kappa shape index (κ1) is 19.5. The summed E-state index contributed by atoms with van der Waals surface area (Å²) in [7, 11) is 0. The van der Waals surface area contributed by atoms with Crippen molar-refractivity contribution in [1.29, 1.82) is 0 Å². The smallest absolute Gasteiger partial charge is 0.274 e. The quantitative estimate of drug-likeness (QED) is 0.581. The van der Waals surface area contributed by atoms with Crippen LogP contribution in [0, 0.1) is 6.92 Å². The predicted molar refractivity (Wildman–Crippen MR) is 111 cm³/mol. The molecule has 2 aromatic rings. The van der Waals surface area contributed by atoms with Crippen molar-refractivity contribution in [2.75, 3.05) is 18.4 Å². The van der Waals surface area contributed by atoms with Crippen LogP contribution in [0.1, 0.15) is 18.1 Å².